The van der Waals surface area contributed by atoms with Crippen LogP contribution < -0.4 is 16.6 Å². The van der Waals surface area contributed by atoms with E-state index >= 15 is 0 Å². The van der Waals surface area contributed by atoms with E-state index in [2.05, 4.69) is 37.1 Å². The van der Waals surface area contributed by atoms with Crippen LogP contribution in [0.4, 0.5) is 11.6 Å². The number of nitrogens with zero attached hydrogens (tertiary/aromatic N) is 5. The van der Waals surface area contributed by atoms with Crippen LogP contribution in [0.2, 0.25) is 5.02 Å². The summed E-state index contributed by atoms with van der Waals surface area (Å²) < 4.78 is 1.66. The molecule has 5 rings (SSSR count). The van der Waals surface area contributed by atoms with Gasteiger partial charge in [0.25, 0.3) is 5.56 Å². The van der Waals surface area contributed by atoms with E-state index in [1.54, 1.807) is 23.0 Å². The molecule has 3 aromatic heterocycles. The van der Waals surface area contributed by atoms with E-state index < -0.39 is 0 Å². The second-order valence-corrected chi connectivity index (χ2v) is 8.38. The molecular formula is C27H20ClN7O. The fourth-order valence-corrected chi connectivity index (χ4v) is 4.17. The topological polar surface area (TPSA) is 112 Å². The molecule has 0 fully saturated rings. The first-order valence-corrected chi connectivity index (χ1v) is 11.4. The summed E-state index contributed by atoms with van der Waals surface area (Å²) >= 11 is 6.42. The van der Waals surface area contributed by atoms with E-state index in [1.165, 1.54) is 12.7 Å². The lowest BCUT2D eigenvalue weighted by atomic mass is 10.1. The number of nitrogens with two attached hydrogens (primary N) is 1. The zero-order chi connectivity index (χ0) is 25.1. The van der Waals surface area contributed by atoms with Crippen LogP contribution in [-0.4, -0.2) is 24.5 Å². The Morgan fingerprint density at radius 1 is 1.00 bits per heavy atom. The maximum Gasteiger partial charge on any atom is 0.264 e. The van der Waals surface area contributed by atoms with Crippen LogP contribution in [0.15, 0.2) is 84.4 Å². The molecule has 0 aliphatic heterocycles. The highest BCUT2D eigenvalue weighted by molar-refractivity contribution is 6.35. The molecule has 0 spiro atoms. The van der Waals surface area contributed by atoms with E-state index in [0.29, 0.717) is 33.0 Å². The van der Waals surface area contributed by atoms with Crippen LogP contribution >= 0.6 is 11.6 Å². The average molecular weight is 494 g/mol. The molecule has 2 aromatic carbocycles. The van der Waals surface area contributed by atoms with Crippen LogP contribution in [0.25, 0.3) is 16.5 Å². The number of pyridine rings is 1. The minimum Gasteiger partial charge on any atom is -0.382 e. The second kappa shape index (κ2) is 9.86. The molecular weight excluding hydrogens is 474 g/mol. The Bertz CT molecular complexity index is 1680. The van der Waals surface area contributed by atoms with Gasteiger partial charge in [0.15, 0.2) is 0 Å². The number of rotatable bonds is 4. The van der Waals surface area contributed by atoms with Crippen molar-refractivity contribution in [2.75, 3.05) is 11.1 Å². The van der Waals surface area contributed by atoms with Crippen molar-refractivity contribution < 1.29 is 0 Å². The normalized spacial score (nSPS) is 11.5. The fourth-order valence-electron chi connectivity index (χ4n) is 3.91. The molecule has 3 heterocycles. The van der Waals surface area contributed by atoms with Gasteiger partial charge in [-0.15, -0.1) is 0 Å². The molecule has 0 unspecified atom stereocenters. The Hall–Kier alpha value is -4.74. The molecule has 0 bridgehead atoms. The molecule has 9 heteroatoms. The zero-order valence-corrected chi connectivity index (χ0v) is 19.9. The van der Waals surface area contributed by atoms with Crippen LogP contribution in [0.5, 0.6) is 0 Å². The minimum atomic E-state index is -0.365. The number of anilines is 2. The van der Waals surface area contributed by atoms with Crippen LogP contribution in [0.1, 0.15) is 29.8 Å². The number of nitrogen functional groups attached to an aromatic ring is 1. The maximum absolute atomic E-state index is 13.7. The van der Waals surface area contributed by atoms with Gasteiger partial charge in [0.1, 0.15) is 29.9 Å². The van der Waals surface area contributed by atoms with E-state index in [9.17, 15) is 4.79 Å². The van der Waals surface area contributed by atoms with Gasteiger partial charge >= 0.3 is 0 Å². The van der Waals surface area contributed by atoms with E-state index in [1.807, 2.05) is 55.5 Å². The van der Waals surface area contributed by atoms with Crippen molar-refractivity contribution in [1.29, 1.82) is 0 Å². The van der Waals surface area contributed by atoms with Gasteiger partial charge < -0.3 is 11.1 Å². The molecule has 3 N–H and O–H groups in total. The SMILES string of the molecule is C[C@H](Nc1ncnc(N)c1C#Cc1cncnc1)c1cc2cccc(Cl)c2c(=O)n1-c1ccccc1. The number of para-hydroxylation sites is 1. The molecule has 0 amide bonds. The molecule has 1 atom stereocenters. The molecule has 8 nitrogen and oxygen atoms in total. The summed E-state index contributed by atoms with van der Waals surface area (Å²) in [4.78, 5) is 30.1. The molecule has 5 aromatic rings. The predicted molar refractivity (Wildman–Crippen MR) is 141 cm³/mol. The fraction of sp³-hybridized carbons (Fsp3) is 0.0741. The monoisotopic (exact) mass is 493 g/mol. The minimum absolute atomic E-state index is 0.209. The number of fused-ring (bicyclic) bond motifs is 1. The smallest absolute Gasteiger partial charge is 0.264 e. The Morgan fingerprint density at radius 3 is 2.56 bits per heavy atom. The van der Waals surface area contributed by atoms with Crippen molar-refractivity contribution in [3.05, 3.63) is 112 Å². The first-order valence-electron chi connectivity index (χ1n) is 11.1. The van der Waals surface area contributed by atoms with Crippen molar-refractivity contribution >= 4 is 34.0 Å². The molecule has 0 radical (unpaired) electrons. The summed E-state index contributed by atoms with van der Waals surface area (Å²) in [6, 6.07) is 16.4. The molecule has 0 saturated heterocycles. The van der Waals surface area contributed by atoms with Crippen LogP contribution in [0.3, 0.4) is 0 Å². The van der Waals surface area contributed by atoms with Gasteiger partial charge in [-0.2, -0.15) is 0 Å². The summed E-state index contributed by atoms with van der Waals surface area (Å²) in [5.74, 6) is 6.68. The van der Waals surface area contributed by atoms with Gasteiger partial charge in [-0.1, -0.05) is 53.8 Å². The number of benzene rings is 2. The Labute approximate surface area is 211 Å². The van der Waals surface area contributed by atoms with Gasteiger partial charge in [-0.3, -0.25) is 9.36 Å². The van der Waals surface area contributed by atoms with Crippen molar-refractivity contribution in [1.82, 2.24) is 24.5 Å². The number of halogens is 1. The van der Waals surface area contributed by atoms with Crippen molar-refractivity contribution in [3.8, 4) is 17.5 Å². The third-order valence-corrected chi connectivity index (χ3v) is 5.92. The number of nitrogens with one attached hydrogen (secondary N) is 1. The van der Waals surface area contributed by atoms with Crippen LogP contribution in [-0.2, 0) is 0 Å². The van der Waals surface area contributed by atoms with Gasteiger partial charge in [-0.25, -0.2) is 19.9 Å². The van der Waals surface area contributed by atoms with Gasteiger partial charge in [0.2, 0.25) is 0 Å². The lowest BCUT2D eigenvalue weighted by Gasteiger charge is -2.22. The number of hydrogen-bond donors (Lipinski definition) is 2. The molecule has 176 valence electrons. The highest BCUT2D eigenvalue weighted by Crippen LogP contribution is 2.28. The largest absolute Gasteiger partial charge is 0.382 e. The third-order valence-electron chi connectivity index (χ3n) is 5.60. The Morgan fingerprint density at radius 2 is 1.78 bits per heavy atom. The lowest BCUT2D eigenvalue weighted by molar-refractivity contribution is 0.772. The van der Waals surface area contributed by atoms with Gasteiger partial charge in [0, 0.05) is 23.8 Å². The summed E-state index contributed by atoms with van der Waals surface area (Å²) in [5, 5.41) is 4.97. The third kappa shape index (κ3) is 4.48. The molecule has 0 aliphatic rings. The van der Waals surface area contributed by atoms with Crippen molar-refractivity contribution in [3.63, 3.8) is 0 Å². The van der Waals surface area contributed by atoms with Crippen molar-refractivity contribution in [2.45, 2.75) is 13.0 Å². The zero-order valence-electron chi connectivity index (χ0n) is 19.2. The first-order chi connectivity index (χ1) is 17.5. The molecule has 0 saturated carbocycles. The summed E-state index contributed by atoms with van der Waals surface area (Å²) in [7, 11) is 0. The lowest BCUT2D eigenvalue weighted by Crippen LogP contribution is -2.26. The highest BCUT2D eigenvalue weighted by atomic mass is 35.5. The first kappa shape index (κ1) is 23.0. The maximum atomic E-state index is 13.7. The molecule has 0 aliphatic carbocycles. The predicted octanol–water partition coefficient (Wildman–Crippen LogP) is 4.38. The standard InChI is InChI=1S/C27H20ClN7O/c1-17(34-26-21(25(29)32-16-33-26)11-10-18-13-30-15-31-14-18)23-12-19-6-5-9-22(28)24(19)27(36)35(23)20-7-3-2-4-8-20/h2-9,12-17H,1H3,(H3,29,32,33,34)/t17-/m0/s1. The molecule has 36 heavy (non-hydrogen) atoms. The van der Waals surface area contributed by atoms with Crippen LogP contribution in [0, 0.1) is 11.8 Å². The number of aromatic nitrogens is 5. The van der Waals surface area contributed by atoms with Gasteiger partial charge in [-0.05, 0) is 36.6 Å². The van der Waals surface area contributed by atoms with E-state index in [4.69, 9.17) is 17.3 Å². The number of hydrogen-bond acceptors (Lipinski definition) is 7. The summed E-state index contributed by atoms with van der Waals surface area (Å²) in [5.41, 5.74) is 8.43. The van der Waals surface area contributed by atoms with Gasteiger partial charge in [0.05, 0.1) is 22.0 Å². The van der Waals surface area contributed by atoms with E-state index in [0.717, 1.165) is 11.1 Å². The Balaban J connectivity index is 1.62. The van der Waals surface area contributed by atoms with E-state index in [-0.39, 0.29) is 17.4 Å². The Kier molecular flexibility index (Phi) is 6.31. The second-order valence-electron chi connectivity index (χ2n) is 7.98. The average Bonchev–Trinajstić information content (AvgIpc) is 2.89. The highest BCUT2D eigenvalue weighted by Gasteiger charge is 2.19. The summed E-state index contributed by atoms with van der Waals surface area (Å²) in [6.07, 6.45) is 6.01. The van der Waals surface area contributed by atoms with Crippen molar-refractivity contribution in [2.24, 2.45) is 0 Å². The quantitative estimate of drug-likeness (QED) is 0.357. The summed E-state index contributed by atoms with van der Waals surface area (Å²) in [6.45, 7) is 1.94.